The number of hydrazone groups is 2. The van der Waals surface area contributed by atoms with E-state index in [9.17, 15) is 9.59 Å². The molecule has 4 aromatic carbocycles. The monoisotopic (exact) mass is 548 g/mol. The number of nitrogens with zero attached hydrogens (tertiary/aromatic N) is 2. The van der Waals surface area contributed by atoms with Crippen LogP contribution in [-0.4, -0.2) is 24.2 Å². The van der Waals surface area contributed by atoms with Crippen LogP contribution in [-0.2, 0) is 22.8 Å². The Kier molecular flexibility index (Phi) is 11.2. The summed E-state index contributed by atoms with van der Waals surface area (Å²) >= 11 is 0. The van der Waals surface area contributed by atoms with Crippen molar-refractivity contribution in [2.24, 2.45) is 10.2 Å². The summed E-state index contributed by atoms with van der Waals surface area (Å²) in [6, 6.07) is 34.7. The summed E-state index contributed by atoms with van der Waals surface area (Å²) in [7, 11) is 0. The standard InChI is InChI=1S/C33H32N4O4/c38-32(36-34-22-26-14-18-30(19-15-26)40-24-28-8-3-1-4-9-28)12-7-13-33(39)37-35-23-27-16-20-31(21-17-27)41-25-29-10-5-2-6-11-29/h1-6,8-11,14-23H,7,12-13,24-25H2,(H,36,38)(H,37,39)/b34-22-,35-23+. The van der Waals surface area contributed by atoms with Crippen molar-refractivity contribution in [2.75, 3.05) is 0 Å². The number of nitrogens with one attached hydrogen (secondary N) is 2. The summed E-state index contributed by atoms with van der Waals surface area (Å²) in [5.74, 6) is 0.962. The van der Waals surface area contributed by atoms with Crippen LogP contribution in [0.3, 0.4) is 0 Å². The van der Waals surface area contributed by atoms with Gasteiger partial charge >= 0.3 is 0 Å². The first-order chi connectivity index (χ1) is 20.1. The molecule has 0 aliphatic carbocycles. The van der Waals surface area contributed by atoms with E-state index in [1.54, 1.807) is 12.4 Å². The summed E-state index contributed by atoms with van der Waals surface area (Å²) in [4.78, 5) is 24.1. The lowest BCUT2D eigenvalue weighted by atomic mass is 10.2. The predicted molar refractivity (Wildman–Crippen MR) is 160 cm³/mol. The first-order valence-corrected chi connectivity index (χ1v) is 13.3. The second-order valence-corrected chi connectivity index (χ2v) is 9.13. The van der Waals surface area contributed by atoms with Gasteiger partial charge in [0.25, 0.3) is 0 Å². The Morgan fingerprint density at radius 1 is 0.561 bits per heavy atom. The maximum atomic E-state index is 12.0. The molecular formula is C33H32N4O4. The van der Waals surface area contributed by atoms with Crippen LogP contribution in [0.2, 0.25) is 0 Å². The van der Waals surface area contributed by atoms with Crippen molar-refractivity contribution in [3.63, 3.8) is 0 Å². The van der Waals surface area contributed by atoms with Crippen molar-refractivity contribution in [3.8, 4) is 11.5 Å². The lowest BCUT2D eigenvalue weighted by molar-refractivity contribution is -0.122. The summed E-state index contributed by atoms with van der Waals surface area (Å²) in [6.07, 6.45) is 3.84. The minimum Gasteiger partial charge on any atom is -0.489 e. The molecule has 0 fully saturated rings. The fourth-order valence-electron chi connectivity index (χ4n) is 3.66. The number of amides is 2. The van der Waals surface area contributed by atoms with Gasteiger partial charge in [0.1, 0.15) is 24.7 Å². The number of benzene rings is 4. The molecule has 0 aliphatic rings. The number of ether oxygens (including phenoxy) is 2. The van der Waals surface area contributed by atoms with E-state index in [0.29, 0.717) is 19.6 Å². The Hall–Kier alpha value is -5.24. The number of hydrogen-bond donors (Lipinski definition) is 2. The maximum absolute atomic E-state index is 12.0. The number of carbonyl (C=O) groups is 2. The molecule has 4 rings (SSSR count). The van der Waals surface area contributed by atoms with Crippen molar-refractivity contribution in [1.29, 1.82) is 0 Å². The Bertz CT molecular complexity index is 1310. The van der Waals surface area contributed by atoms with Gasteiger partial charge in [0, 0.05) is 12.8 Å². The number of hydrogen-bond acceptors (Lipinski definition) is 6. The fourth-order valence-corrected chi connectivity index (χ4v) is 3.66. The highest BCUT2D eigenvalue weighted by molar-refractivity contribution is 5.84. The zero-order valence-electron chi connectivity index (χ0n) is 22.6. The van der Waals surface area contributed by atoms with Crippen LogP contribution in [0, 0.1) is 0 Å². The van der Waals surface area contributed by atoms with Crippen LogP contribution in [0.25, 0.3) is 0 Å². The highest BCUT2D eigenvalue weighted by atomic mass is 16.5. The summed E-state index contributed by atoms with van der Waals surface area (Å²) in [5.41, 5.74) is 8.80. The molecule has 0 aromatic heterocycles. The van der Waals surface area contributed by atoms with Crippen molar-refractivity contribution in [3.05, 3.63) is 131 Å². The quantitative estimate of drug-likeness (QED) is 0.158. The lowest BCUT2D eigenvalue weighted by Gasteiger charge is -2.06. The Labute approximate surface area is 239 Å². The van der Waals surface area contributed by atoms with Gasteiger partial charge in [-0.25, -0.2) is 10.9 Å². The number of carbonyl (C=O) groups excluding carboxylic acids is 2. The molecule has 2 N–H and O–H groups in total. The number of rotatable bonds is 14. The van der Waals surface area contributed by atoms with Gasteiger partial charge in [0.2, 0.25) is 11.8 Å². The van der Waals surface area contributed by atoms with E-state index in [1.165, 1.54) is 0 Å². The Balaban J connectivity index is 1.07. The maximum Gasteiger partial charge on any atom is 0.240 e. The fraction of sp³-hybridized carbons (Fsp3) is 0.152. The molecule has 0 saturated heterocycles. The summed E-state index contributed by atoms with van der Waals surface area (Å²) in [6.45, 7) is 0.989. The molecular weight excluding hydrogens is 516 g/mol. The van der Waals surface area contributed by atoms with E-state index >= 15 is 0 Å². The first-order valence-electron chi connectivity index (χ1n) is 13.3. The van der Waals surface area contributed by atoms with E-state index in [1.807, 2.05) is 109 Å². The average Bonchev–Trinajstić information content (AvgIpc) is 3.01. The SMILES string of the molecule is O=C(CCCC(=O)N/N=C/c1ccc(OCc2ccccc2)cc1)N/N=C\c1ccc(OCc2ccccc2)cc1. The van der Waals surface area contributed by atoms with Gasteiger partial charge in [-0.3, -0.25) is 9.59 Å². The van der Waals surface area contributed by atoms with Crippen LogP contribution in [0.5, 0.6) is 11.5 Å². The van der Waals surface area contributed by atoms with Gasteiger partial charge in [0.15, 0.2) is 0 Å². The largest absolute Gasteiger partial charge is 0.489 e. The van der Waals surface area contributed by atoms with Gasteiger partial charge in [-0.15, -0.1) is 0 Å². The average molecular weight is 549 g/mol. The van der Waals surface area contributed by atoms with Gasteiger partial charge in [-0.1, -0.05) is 60.7 Å². The van der Waals surface area contributed by atoms with Crippen molar-refractivity contribution in [2.45, 2.75) is 32.5 Å². The Morgan fingerprint density at radius 3 is 1.34 bits per heavy atom. The zero-order chi connectivity index (χ0) is 28.5. The second-order valence-electron chi connectivity index (χ2n) is 9.13. The van der Waals surface area contributed by atoms with Crippen LogP contribution >= 0.6 is 0 Å². The topological polar surface area (TPSA) is 101 Å². The molecule has 0 saturated carbocycles. The third-order valence-electron chi connectivity index (χ3n) is 5.87. The van der Waals surface area contributed by atoms with Crippen LogP contribution in [0.15, 0.2) is 119 Å². The van der Waals surface area contributed by atoms with Gasteiger partial charge in [-0.05, 0) is 77.2 Å². The molecule has 0 bridgehead atoms. The zero-order valence-corrected chi connectivity index (χ0v) is 22.6. The van der Waals surface area contributed by atoms with E-state index < -0.39 is 0 Å². The smallest absolute Gasteiger partial charge is 0.240 e. The minimum absolute atomic E-state index is 0.172. The summed E-state index contributed by atoms with van der Waals surface area (Å²) in [5, 5.41) is 7.96. The molecule has 208 valence electrons. The molecule has 0 aliphatic heterocycles. The van der Waals surface area contributed by atoms with E-state index in [4.69, 9.17) is 9.47 Å². The molecule has 41 heavy (non-hydrogen) atoms. The molecule has 8 nitrogen and oxygen atoms in total. The van der Waals surface area contributed by atoms with Gasteiger partial charge < -0.3 is 9.47 Å². The van der Waals surface area contributed by atoms with Crippen molar-refractivity contribution < 1.29 is 19.1 Å². The third-order valence-corrected chi connectivity index (χ3v) is 5.87. The minimum atomic E-state index is -0.269. The van der Waals surface area contributed by atoms with Crippen molar-refractivity contribution >= 4 is 24.2 Å². The lowest BCUT2D eigenvalue weighted by Crippen LogP contribution is -2.20. The van der Waals surface area contributed by atoms with E-state index in [-0.39, 0.29) is 24.7 Å². The van der Waals surface area contributed by atoms with E-state index in [0.717, 1.165) is 33.8 Å². The molecule has 2 amide bonds. The first kappa shape index (κ1) is 28.8. The van der Waals surface area contributed by atoms with Crippen molar-refractivity contribution in [1.82, 2.24) is 10.9 Å². The highest BCUT2D eigenvalue weighted by Gasteiger charge is 2.04. The molecule has 0 unspecified atom stereocenters. The normalized spacial score (nSPS) is 10.9. The van der Waals surface area contributed by atoms with Gasteiger partial charge in [-0.2, -0.15) is 10.2 Å². The van der Waals surface area contributed by atoms with Crippen LogP contribution in [0.1, 0.15) is 41.5 Å². The molecule has 8 heteroatoms. The molecule has 0 heterocycles. The molecule has 4 aromatic rings. The molecule has 0 spiro atoms. The summed E-state index contributed by atoms with van der Waals surface area (Å²) < 4.78 is 11.5. The molecule has 0 radical (unpaired) electrons. The van der Waals surface area contributed by atoms with E-state index in [2.05, 4.69) is 21.1 Å². The molecule has 0 atom stereocenters. The highest BCUT2D eigenvalue weighted by Crippen LogP contribution is 2.14. The van der Waals surface area contributed by atoms with Crippen LogP contribution in [0.4, 0.5) is 0 Å². The predicted octanol–water partition coefficient (Wildman–Crippen LogP) is 5.62. The second kappa shape index (κ2) is 16.0. The van der Waals surface area contributed by atoms with Crippen LogP contribution < -0.4 is 20.3 Å². The van der Waals surface area contributed by atoms with Gasteiger partial charge in [0.05, 0.1) is 12.4 Å². The Morgan fingerprint density at radius 2 is 0.951 bits per heavy atom. The third kappa shape index (κ3) is 10.8.